The van der Waals surface area contributed by atoms with Gasteiger partial charge in [0.2, 0.25) is 0 Å². The van der Waals surface area contributed by atoms with Gasteiger partial charge in [0.1, 0.15) is 11.5 Å². The Morgan fingerprint density at radius 2 is 0.649 bits per heavy atom. The molecule has 0 amide bonds. The van der Waals surface area contributed by atoms with Crippen molar-refractivity contribution >= 4 is 17.1 Å². The molecule has 0 unspecified atom stereocenters. The topological polar surface area (TPSA) is 12.5 Å². The third-order valence-electron chi connectivity index (χ3n) is 12.3. The zero-order chi connectivity index (χ0) is 37.5. The van der Waals surface area contributed by atoms with Gasteiger partial charge >= 0.3 is 0 Å². The predicted octanol–water partition coefficient (Wildman–Crippen LogP) is 14.6. The Balaban J connectivity index is 1.10. The highest BCUT2D eigenvalue weighted by Gasteiger charge is 2.49. The van der Waals surface area contributed by atoms with E-state index in [2.05, 4.69) is 211 Å². The van der Waals surface area contributed by atoms with Crippen LogP contribution in [0.3, 0.4) is 0 Å². The Morgan fingerprint density at radius 1 is 0.263 bits per heavy atom. The fraction of sp³-hybridized carbons (Fsp3) is 0.0182. The largest absolute Gasteiger partial charge is 0.456 e. The van der Waals surface area contributed by atoms with Gasteiger partial charge in [0.25, 0.3) is 0 Å². The van der Waals surface area contributed by atoms with Crippen LogP contribution in [0.2, 0.25) is 0 Å². The monoisotopic (exact) mass is 725 g/mol. The molecule has 0 fully saturated rings. The third kappa shape index (κ3) is 4.53. The Kier molecular flexibility index (Phi) is 6.88. The van der Waals surface area contributed by atoms with Gasteiger partial charge in [-0.2, -0.15) is 0 Å². The predicted molar refractivity (Wildman–Crippen MR) is 234 cm³/mol. The Labute approximate surface area is 332 Å². The summed E-state index contributed by atoms with van der Waals surface area (Å²) in [6.45, 7) is 0. The summed E-state index contributed by atoms with van der Waals surface area (Å²) in [6, 6.07) is 77.6. The molecule has 0 aromatic heterocycles. The highest BCUT2D eigenvalue weighted by atomic mass is 16.5. The average Bonchev–Trinajstić information content (AvgIpc) is 3.41. The van der Waals surface area contributed by atoms with Crippen molar-refractivity contribution in [2.24, 2.45) is 0 Å². The molecule has 12 rings (SSSR count). The zero-order valence-electron chi connectivity index (χ0n) is 31.1. The van der Waals surface area contributed by atoms with Crippen LogP contribution in [0.4, 0.5) is 17.1 Å². The normalized spacial score (nSPS) is 13.2. The van der Waals surface area contributed by atoms with E-state index in [1.165, 1.54) is 61.2 Å². The van der Waals surface area contributed by atoms with Gasteiger partial charge in [0.05, 0.1) is 5.41 Å². The lowest BCUT2D eigenvalue weighted by Crippen LogP contribution is -2.29. The number of hydrogen-bond donors (Lipinski definition) is 0. The van der Waals surface area contributed by atoms with E-state index in [1.807, 2.05) is 6.07 Å². The molecule has 2 aliphatic carbocycles. The quantitative estimate of drug-likeness (QED) is 0.180. The summed E-state index contributed by atoms with van der Waals surface area (Å²) in [5.74, 6) is 1.72. The maximum absolute atomic E-state index is 6.67. The lowest BCUT2D eigenvalue weighted by atomic mass is 9.66. The number of nitrogens with zero attached hydrogens (tertiary/aromatic N) is 1. The maximum Gasteiger partial charge on any atom is 0.135 e. The van der Waals surface area contributed by atoms with Crippen LogP contribution in [-0.4, -0.2) is 0 Å². The molecule has 0 saturated heterocycles. The van der Waals surface area contributed by atoms with Crippen molar-refractivity contribution in [1.29, 1.82) is 0 Å². The first-order valence-corrected chi connectivity index (χ1v) is 19.7. The van der Waals surface area contributed by atoms with Crippen LogP contribution < -0.4 is 9.64 Å². The number of rotatable bonds is 3. The van der Waals surface area contributed by atoms with Crippen molar-refractivity contribution in [3.05, 3.63) is 235 Å². The van der Waals surface area contributed by atoms with E-state index >= 15 is 0 Å². The molecule has 0 saturated carbocycles. The Bertz CT molecular complexity index is 3000. The van der Waals surface area contributed by atoms with Crippen molar-refractivity contribution < 1.29 is 4.74 Å². The number of anilines is 3. The van der Waals surface area contributed by atoms with Crippen LogP contribution in [-0.2, 0) is 5.41 Å². The second kappa shape index (κ2) is 12.3. The number of benzene rings is 9. The summed E-state index contributed by atoms with van der Waals surface area (Å²) in [7, 11) is 0. The van der Waals surface area contributed by atoms with Crippen LogP contribution in [0.25, 0.3) is 55.6 Å². The van der Waals surface area contributed by atoms with Crippen LogP contribution in [0.15, 0.2) is 212 Å². The van der Waals surface area contributed by atoms with Gasteiger partial charge in [-0.05, 0) is 115 Å². The first kappa shape index (κ1) is 31.9. The number of para-hydroxylation sites is 2. The minimum absolute atomic E-state index is 0.519. The molecule has 9 aromatic carbocycles. The van der Waals surface area contributed by atoms with Crippen molar-refractivity contribution in [3.63, 3.8) is 0 Å². The van der Waals surface area contributed by atoms with Crippen LogP contribution >= 0.6 is 0 Å². The molecular formula is C55H35NO. The fourth-order valence-electron chi connectivity index (χ4n) is 10.0. The van der Waals surface area contributed by atoms with E-state index in [0.717, 1.165) is 45.3 Å². The molecule has 9 aromatic rings. The lowest BCUT2D eigenvalue weighted by molar-refractivity contribution is 0.488. The first-order valence-electron chi connectivity index (χ1n) is 19.7. The molecule has 0 atom stereocenters. The van der Waals surface area contributed by atoms with Crippen molar-refractivity contribution in [3.8, 4) is 67.1 Å². The second-order valence-electron chi connectivity index (χ2n) is 15.2. The number of ether oxygens (including phenoxy) is 1. The SMILES string of the molecule is c1ccc(N(c2ccc3c(c2)-c2ccccc2-c2ccccc2O3)c2ccc3c(c2)-c2ccccc2C32c3ccccc3-c3ccccc3-c3ccccc32)cc1. The van der Waals surface area contributed by atoms with Gasteiger partial charge in [-0.3, -0.25) is 0 Å². The minimum atomic E-state index is -0.519. The second-order valence-corrected chi connectivity index (χ2v) is 15.2. The molecule has 0 radical (unpaired) electrons. The summed E-state index contributed by atoms with van der Waals surface area (Å²) in [4.78, 5) is 2.39. The Morgan fingerprint density at radius 3 is 1.25 bits per heavy atom. The molecule has 3 aliphatic rings. The highest BCUT2D eigenvalue weighted by Crippen LogP contribution is 2.62. The third-order valence-corrected chi connectivity index (χ3v) is 12.3. The van der Waals surface area contributed by atoms with Gasteiger partial charge in [-0.15, -0.1) is 0 Å². The molecule has 0 N–H and O–H groups in total. The van der Waals surface area contributed by atoms with E-state index in [9.17, 15) is 0 Å². The summed E-state index contributed by atoms with van der Waals surface area (Å²) in [6.07, 6.45) is 0. The molecule has 2 heteroatoms. The van der Waals surface area contributed by atoms with Crippen LogP contribution in [0.1, 0.15) is 22.3 Å². The fourth-order valence-corrected chi connectivity index (χ4v) is 10.0. The van der Waals surface area contributed by atoms with E-state index in [4.69, 9.17) is 4.74 Å². The van der Waals surface area contributed by atoms with Crippen LogP contribution in [0, 0.1) is 0 Å². The molecule has 57 heavy (non-hydrogen) atoms. The number of hydrogen-bond acceptors (Lipinski definition) is 2. The molecule has 266 valence electrons. The molecule has 1 spiro atoms. The van der Waals surface area contributed by atoms with Crippen molar-refractivity contribution in [2.75, 3.05) is 4.90 Å². The maximum atomic E-state index is 6.67. The van der Waals surface area contributed by atoms with Gasteiger partial charge in [-0.1, -0.05) is 164 Å². The Hall–Kier alpha value is -7.42. The van der Waals surface area contributed by atoms with Gasteiger partial charge < -0.3 is 9.64 Å². The summed E-state index contributed by atoms with van der Waals surface area (Å²) >= 11 is 0. The van der Waals surface area contributed by atoms with Crippen molar-refractivity contribution in [1.82, 2.24) is 0 Å². The van der Waals surface area contributed by atoms with E-state index in [-0.39, 0.29) is 0 Å². The van der Waals surface area contributed by atoms with Gasteiger partial charge in [0, 0.05) is 28.2 Å². The lowest BCUT2D eigenvalue weighted by Gasteiger charge is -2.35. The van der Waals surface area contributed by atoms with Crippen molar-refractivity contribution in [2.45, 2.75) is 5.41 Å². The summed E-state index contributed by atoms with van der Waals surface area (Å²) in [5, 5.41) is 0. The summed E-state index contributed by atoms with van der Waals surface area (Å²) in [5.41, 5.74) is 20.1. The minimum Gasteiger partial charge on any atom is -0.456 e. The molecule has 2 nitrogen and oxygen atoms in total. The highest BCUT2D eigenvalue weighted by molar-refractivity contribution is 5.99. The molecular weight excluding hydrogens is 691 g/mol. The average molecular weight is 726 g/mol. The molecule has 0 bridgehead atoms. The first-order chi connectivity index (χ1) is 28.3. The standard InChI is InChI=1S/C55H35NO/c1-2-16-36(17-3-1)56(38-31-33-54-48(35-38)42-21-7-6-20-41(42)46-25-11-15-29-53(46)57-54)37-30-32-52-47(34-37)45-24-10-14-28-51(45)55(52)49-26-12-8-22-43(49)39-18-4-5-19-40(39)44-23-9-13-27-50(44)55/h1-35H. The molecule has 1 aliphatic heterocycles. The number of fused-ring (bicyclic) bond motifs is 17. The summed E-state index contributed by atoms with van der Waals surface area (Å²) < 4.78 is 6.67. The van der Waals surface area contributed by atoms with Crippen LogP contribution in [0.5, 0.6) is 11.5 Å². The van der Waals surface area contributed by atoms with E-state index in [1.54, 1.807) is 0 Å². The zero-order valence-corrected chi connectivity index (χ0v) is 31.1. The molecule has 1 heterocycles. The van der Waals surface area contributed by atoms with E-state index in [0.29, 0.717) is 0 Å². The van der Waals surface area contributed by atoms with Gasteiger partial charge in [-0.25, -0.2) is 0 Å². The smallest absolute Gasteiger partial charge is 0.135 e. The van der Waals surface area contributed by atoms with E-state index < -0.39 is 5.41 Å². The van der Waals surface area contributed by atoms with Gasteiger partial charge in [0.15, 0.2) is 0 Å².